The summed E-state index contributed by atoms with van der Waals surface area (Å²) in [7, 11) is 0. The van der Waals surface area contributed by atoms with Gasteiger partial charge in [-0.05, 0) is 64.0 Å². The van der Waals surface area contributed by atoms with E-state index in [0.29, 0.717) is 23.1 Å². The summed E-state index contributed by atoms with van der Waals surface area (Å²) < 4.78 is 24.1. The van der Waals surface area contributed by atoms with Crippen molar-refractivity contribution in [2.45, 2.75) is 111 Å². The summed E-state index contributed by atoms with van der Waals surface area (Å²) >= 11 is 0. The fourth-order valence-corrected chi connectivity index (χ4v) is 7.36. The van der Waals surface area contributed by atoms with Gasteiger partial charge in [-0.25, -0.2) is 9.59 Å². The van der Waals surface area contributed by atoms with E-state index in [1.807, 2.05) is 20.8 Å². The van der Waals surface area contributed by atoms with Crippen molar-refractivity contribution < 1.29 is 43.2 Å². The van der Waals surface area contributed by atoms with Gasteiger partial charge in [-0.1, -0.05) is 39.8 Å². The number of aliphatic hydroxyl groups excluding tert-OH is 1. The number of rotatable bonds is 5. The van der Waals surface area contributed by atoms with Crippen LogP contribution in [0.4, 0.5) is 0 Å². The lowest BCUT2D eigenvalue weighted by Crippen LogP contribution is -2.43. The monoisotopic (exact) mass is 572 g/mol. The zero-order valence-electron chi connectivity index (χ0n) is 25.8. The van der Waals surface area contributed by atoms with Crippen molar-refractivity contribution >= 4 is 23.7 Å². The number of hydrogen-bond acceptors (Lipinski definition) is 9. The van der Waals surface area contributed by atoms with E-state index in [1.54, 1.807) is 59.8 Å². The molecule has 0 bridgehead atoms. The van der Waals surface area contributed by atoms with Crippen LogP contribution in [0, 0.1) is 29.1 Å². The first-order valence-electron chi connectivity index (χ1n) is 14.5. The molecule has 3 fully saturated rings. The van der Waals surface area contributed by atoms with E-state index in [9.17, 15) is 24.3 Å². The standard InChI is InChI=1S/C32H44O9/c1-11-15(3)28(36)39-25-22-21(30(22,9)10)24(38-20(8)33)19(7)26(35)31-14-18(6)27(40-29(37)16(4)12-2)32(31,41-31)13-17(5)23(25)34/h11-13,18-19,21-25,27,34H,14H2,1-10H3/b15-11-,16-12+,17-13+/t18-,19+,21-,22+,23+,24+,25-,27-,31-,32-/m0/s1. The molecule has 9 nitrogen and oxygen atoms in total. The van der Waals surface area contributed by atoms with Gasteiger partial charge in [-0.15, -0.1) is 0 Å². The fourth-order valence-electron chi connectivity index (χ4n) is 7.36. The molecule has 0 aromatic rings. The number of Topliss-reactive ketones (excluding diaryl/α,β-unsaturated/α-hetero) is 1. The summed E-state index contributed by atoms with van der Waals surface area (Å²) in [5.41, 5.74) is -1.89. The molecule has 4 rings (SSSR count). The number of hydrogen-bond donors (Lipinski definition) is 1. The lowest BCUT2D eigenvalue weighted by atomic mass is 9.80. The van der Waals surface area contributed by atoms with Crippen LogP contribution in [0.25, 0.3) is 0 Å². The number of fused-ring (bicyclic) bond motifs is 1. The minimum absolute atomic E-state index is 0.235. The molecule has 9 heteroatoms. The van der Waals surface area contributed by atoms with E-state index in [1.165, 1.54) is 6.92 Å². The predicted molar refractivity (Wildman–Crippen MR) is 149 cm³/mol. The molecular weight excluding hydrogens is 528 g/mol. The van der Waals surface area contributed by atoms with Gasteiger partial charge in [0.25, 0.3) is 0 Å². The third kappa shape index (κ3) is 4.79. The highest BCUT2D eigenvalue weighted by atomic mass is 16.7. The maximum absolute atomic E-state index is 14.4. The molecule has 1 saturated heterocycles. The minimum atomic E-state index is -1.31. The third-order valence-electron chi connectivity index (χ3n) is 10.00. The molecule has 0 amide bonds. The van der Waals surface area contributed by atoms with Gasteiger partial charge in [0.15, 0.2) is 17.0 Å². The fraction of sp³-hybridized carbons (Fsp3) is 0.688. The first-order chi connectivity index (χ1) is 19.0. The van der Waals surface area contributed by atoms with E-state index >= 15 is 0 Å². The van der Waals surface area contributed by atoms with Crippen molar-refractivity contribution in [1.29, 1.82) is 0 Å². The molecule has 3 aliphatic carbocycles. The van der Waals surface area contributed by atoms with Crippen LogP contribution in [-0.4, -0.2) is 64.4 Å². The van der Waals surface area contributed by atoms with Crippen LogP contribution in [-0.2, 0) is 38.1 Å². The Labute approximate surface area is 242 Å². The first-order valence-corrected chi connectivity index (χ1v) is 14.5. The van der Waals surface area contributed by atoms with Crippen LogP contribution >= 0.6 is 0 Å². The zero-order chi connectivity index (χ0) is 30.8. The highest BCUT2D eigenvalue weighted by Crippen LogP contribution is 2.68. The minimum Gasteiger partial charge on any atom is -0.461 e. The van der Waals surface area contributed by atoms with Crippen molar-refractivity contribution in [2.75, 3.05) is 0 Å². The van der Waals surface area contributed by atoms with E-state index in [2.05, 4.69) is 0 Å². The molecule has 1 N–H and O–H groups in total. The molecule has 1 heterocycles. The Morgan fingerprint density at radius 3 is 2.02 bits per heavy atom. The summed E-state index contributed by atoms with van der Waals surface area (Å²) in [6, 6.07) is 0. The van der Waals surface area contributed by atoms with Crippen LogP contribution in [0.5, 0.6) is 0 Å². The maximum Gasteiger partial charge on any atom is 0.333 e. The zero-order valence-corrected chi connectivity index (χ0v) is 25.8. The molecule has 41 heavy (non-hydrogen) atoms. The lowest BCUT2D eigenvalue weighted by Gasteiger charge is -2.28. The molecule has 0 aromatic heterocycles. The summed E-state index contributed by atoms with van der Waals surface area (Å²) in [6.45, 7) is 17.3. The first kappa shape index (κ1) is 31.2. The third-order valence-corrected chi connectivity index (χ3v) is 10.00. The number of carbonyl (C=O) groups excluding carboxylic acids is 4. The number of aliphatic hydroxyl groups is 1. The Hall–Kier alpha value is -2.78. The topological polar surface area (TPSA) is 129 Å². The van der Waals surface area contributed by atoms with Gasteiger partial charge < -0.3 is 24.1 Å². The van der Waals surface area contributed by atoms with E-state index in [0.717, 1.165) is 0 Å². The number of epoxide rings is 1. The number of esters is 3. The van der Waals surface area contributed by atoms with E-state index < -0.39 is 70.8 Å². The Kier molecular flexibility index (Phi) is 7.97. The highest BCUT2D eigenvalue weighted by Gasteiger charge is 2.84. The van der Waals surface area contributed by atoms with E-state index in [-0.39, 0.29) is 17.6 Å². The molecule has 0 unspecified atom stereocenters. The molecule has 0 aromatic carbocycles. The van der Waals surface area contributed by atoms with Crippen LogP contribution in [0.1, 0.15) is 75.7 Å². The number of ketones is 1. The molecule has 1 aliphatic heterocycles. The van der Waals surface area contributed by atoms with Gasteiger partial charge in [-0.3, -0.25) is 9.59 Å². The molecule has 226 valence electrons. The molecule has 2 saturated carbocycles. The molecule has 4 aliphatic rings. The molecular formula is C32H44O9. The van der Waals surface area contributed by atoms with Crippen molar-refractivity contribution in [1.82, 2.24) is 0 Å². The molecule has 0 spiro atoms. The largest absolute Gasteiger partial charge is 0.461 e. The molecule has 10 atom stereocenters. The summed E-state index contributed by atoms with van der Waals surface area (Å²) in [4.78, 5) is 52.5. The van der Waals surface area contributed by atoms with Crippen molar-refractivity contribution in [3.63, 3.8) is 0 Å². The summed E-state index contributed by atoms with van der Waals surface area (Å²) in [6.07, 6.45) is 1.40. The smallest absolute Gasteiger partial charge is 0.333 e. The second-order valence-corrected chi connectivity index (χ2v) is 13.0. The predicted octanol–water partition coefficient (Wildman–Crippen LogP) is 4.02. The maximum atomic E-state index is 14.4. The van der Waals surface area contributed by atoms with Crippen molar-refractivity contribution in [3.8, 4) is 0 Å². The second kappa shape index (κ2) is 10.5. The van der Waals surface area contributed by atoms with Crippen LogP contribution < -0.4 is 0 Å². The second-order valence-electron chi connectivity index (χ2n) is 13.0. The highest BCUT2D eigenvalue weighted by molar-refractivity contribution is 5.96. The van der Waals surface area contributed by atoms with Gasteiger partial charge in [0, 0.05) is 29.9 Å². The Morgan fingerprint density at radius 2 is 1.49 bits per heavy atom. The SMILES string of the molecule is C/C=C(/C)C(=O)O[C@H]1[C@H]2[C@@H]([C@H](OC(C)=O)[C@@H](C)C(=O)[C@@]34C[C@H](C)[C@H](OC(=O)/C(C)=C/C)[C@]3(/C=C(\C)[C@H]1O)O4)C2(C)C. The van der Waals surface area contributed by atoms with Gasteiger partial charge >= 0.3 is 17.9 Å². The van der Waals surface area contributed by atoms with Crippen LogP contribution in [0.15, 0.2) is 34.9 Å². The Bertz CT molecular complexity index is 1240. The van der Waals surface area contributed by atoms with Crippen molar-refractivity contribution in [3.05, 3.63) is 34.9 Å². The Morgan fingerprint density at radius 1 is 0.951 bits per heavy atom. The van der Waals surface area contributed by atoms with Gasteiger partial charge in [-0.2, -0.15) is 0 Å². The van der Waals surface area contributed by atoms with Crippen molar-refractivity contribution in [2.24, 2.45) is 29.1 Å². The molecule has 0 radical (unpaired) electrons. The number of allylic oxidation sites excluding steroid dienone is 2. The van der Waals surface area contributed by atoms with Crippen LogP contribution in [0.3, 0.4) is 0 Å². The van der Waals surface area contributed by atoms with Gasteiger partial charge in [0.1, 0.15) is 24.4 Å². The number of ether oxygens (including phenoxy) is 4. The summed E-state index contributed by atoms with van der Waals surface area (Å²) in [5.74, 6) is -3.63. The summed E-state index contributed by atoms with van der Waals surface area (Å²) in [5, 5.41) is 11.8. The van der Waals surface area contributed by atoms with Gasteiger partial charge in [0.2, 0.25) is 0 Å². The van der Waals surface area contributed by atoms with E-state index in [4.69, 9.17) is 18.9 Å². The lowest BCUT2D eigenvalue weighted by molar-refractivity contribution is -0.157. The Balaban J connectivity index is 1.87. The quantitative estimate of drug-likeness (QED) is 0.171. The average molecular weight is 573 g/mol. The van der Waals surface area contributed by atoms with Gasteiger partial charge in [0.05, 0.1) is 5.92 Å². The van der Waals surface area contributed by atoms with Crippen LogP contribution in [0.2, 0.25) is 0 Å². The average Bonchev–Trinajstić information content (AvgIpc) is 3.70. The normalized spacial score (nSPS) is 42.8. The number of carbonyl (C=O) groups is 4.